The molecule has 2 rings (SSSR count). The molecule has 2 aromatic rings. The highest BCUT2D eigenvalue weighted by Gasteiger charge is 2.09. The van der Waals surface area contributed by atoms with Gasteiger partial charge in [0.15, 0.2) is 0 Å². The average Bonchev–Trinajstić information content (AvgIpc) is 2.56. The molecule has 2 nitrogen and oxygen atoms in total. The van der Waals surface area contributed by atoms with Gasteiger partial charge in [0.2, 0.25) is 0 Å². The number of phenols is 1. The number of thiophene rings is 1. The molecule has 80 valence electrons. The van der Waals surface area contributed by atoms with E-state index < -0.39 is 0 Å². The quantitative estimate of drug-likeness (QED) is 0.606. The maximum atomic E-state index is 9.62. The van der Waals surface area contributed by atoms with Gasteiger partial charge in [0.05, 0.1) is 0 Å². The van der Waals surface area contributed by atoms with Gasteiger partial charge < -0.3 is 10.8 Å². The van der Waals surface area contributed by atoms with Crippen molar-refractivity contribution in [3.63, 3.8) is 0 Å². The monoisotopic (exact) mass is 261 g/mol. The molecule has 0 spiro atoms. The fourth-order valence-corrected chi connectivity index (χ4v) is 2.20. The van der Waals surface area contributed by atoms with Crippen LogP contribution in [0.5, 0.6) is 5.75 Å². The van der Waals surface area contributed by atoms with Crippen LogP contribution < -0.4 is 5.73 Å². The number of benzene rings is 1. The summed E-state index contributed by atoms with van der Waals surface area (Å²) in [6, 6.07) is 6.79. The van der Waals surface area contributed by atoms with Gasteiger partial charge in [-0.15, -0.1) is 23.7 Å². The van der Waals surface area contributed by atoms with Crippen molar-refractivity contribution in [1.29, 1.82) is 0 Å². The van der Waals surface area contributed by atoms with Gasteiger partial charge in [0, 0.05) is 16.8 Å². The standard InChI is InChI=1S/C10H8ClNOS.ClH/c11-10-7(3-4-14-10)8-5-6(12)1-2-9(8)13;/h1-5,13H,12H2;1H. The molecular formula is C10H9Cl2NOS. The van der Waals surface area contributed by atoms with E-state index in [1.54, 1.807) is 18.2 Å². The second-order valence-corrected chi connectivity index (χ2v) is 4.40. The van der Waals surface area contributed by atoms with Crippen molar-refractivity contribution in [2.45, 2.75) is 0 Å². The zero-order valence-corrected chi connectivity index (χ0v) is 9.99. The number of phenolic OH excluding ortho intramolecular Hbond substituents is 1. The molecule has 0 aliphatic carbocycles. The third-order valence-corrected chi connectivity index (χ3v) is 3.10. The molecule has 1 aromatic heterocycles. The molecule has 0 saturated heterocycles. The van der Waals surface area contributed by atoms with Crippen molar-refractivity contribution in [3.8, 4) is 16.9 Å². The van der Waals surface area contributed by atoms with Crippen molar-refractivity contribution in [3.05, 3.63) is 34.0 Å². The molecule has 0 unspecified atom stereocenters. The highest BCUT2D eigenvalue weighted by Crippen LogP contribution is 2.38. The lowest BCUT2D eigenvalue weighted by atomic mass is 10.1. The molecule has 1 aromatic carbocycles. The number of anilines is 1. The summed E-state index contributed by atoms with van der Waals surface area (Å²) in [6.07, 6.45) is 0. The van der Waals surface area contributed by atoms with Crippen LogP contribution in [0.3, 0.4) is 0 Å². The molecule has 0 aliphatic heterocycles. The summed E-state index contributed by atoms with van der Waals surface area (Å²) in [7, 11) is 0. The van der Waals surface area contributed by atoms with E-state index in [0.717, 1.165) is 5.56 Å². The minimum atomic E-state index is 0. The molecule has 0 fully saturated rings. The summed E-state index contributed by atoms with van der Waals surface area (Å²) in [6.45, 7) is 0. The molecule has 3 N–H and O–H groups in total. The molecule has 0 amide bonds. The largest absolute Gasteiger partial charge is 0.507 e. The highest BCUT2D eigenvalue weighted by molar-refractivity contribution is 7.15. The van der Waals surface area contributed by atoms with E-state index >= 15 is 0 Å². The van der Waals surface area contributed by atoms with Gasteiger partial charge in [-0.05, 0) is 29.6 Å². The first kappa shape index (κ1) is 12.2. The number of halogens is 2. The van der Waals surface area contributed by atoms with Gasteiger partial charge in [-0.1, -0.05) is 11.6 Å². The van der Waals surface area contributed by atoms with Crippen LogP contribution in [-0.2, 0) is 0 Å². The number of aromatic hydroxyl groups is 1. The Bertz CT molecular complexity index is 470. The van der Waals surface area contributed by atoms with Crippen molar-refractivity contribution in [2.24, 2.45) is 0 Å². The van der Waals surface area contributed by atoms with Gasteiger partial charge in [-0.3, -0.25) is 0 Å². The van der Waals surface area contributed by atoms with Crippen molar-refractivity contribution in [1.82, 2.24) is 0 Å². The van der Waals surface area contributed by atoms with Crippen LogP contribution in [-0.4, -0.2) is 5.11 Å². The maximum Gasteiger partial charge on any atom is 0.123 e. The first-order valence-electron chi connectivity index (χ1n) is 4.00. The summed E-state index contributed by atoms with van der Waals surface area (Å²) in [4.78, 5) is 0. The van der Waals surface area contributed by atoms with Crippen molar-refractivity contribution in [2.75, 3.05) is 5.73 Å². The zero-order valence-electron chi connectivity index (χ0n) is 7.61. The molecular weight excluding hydrogens is 253 g/mol. The molecule has 0 aliphatic rings. The lowest BCUT2D eigenvalue weighted by Crippen LogP contribution is -1.85. The molecule has 0 radical (unpaired) electrons. The van der Waals surface area contributed by atoms with Gasteiger partial charge >= 0.3 is 0 Å². The number of hydrogen-bond acceptors (Lipinski definition) is 3. The van der Waals surface area contributed by atoms with E-state index in [0.29, 0.717) is 15.6 Å². The second-order valence-electron chi connectivity index (χ2n) is 2.88. The Hall–Kier alpha value is -0.900. The van der Waals surface area contributed by atoms with Crippen LogP contribution in [0.2, 0.25) is 4.34 Å². The molecule has 15 heavy (non-hydrogen) atoms. The van der Waals surface area contributed by atoms with E-state index in [1.807, 2.05) is 11.4 Å². The topological polar surface area (TPSA) is 46.2 Å². The molecule has 0 saturated carbocycles. The predicted molar refractivity (Wildman–Crippen MR) is 68.1 cm³/mol. The highest BCUT2D eigenvalue weighted by atomic mass is 35.5. The lowest BCUT2D eigenvalue weighted by Gasteiger charge is -2.04. The maximum absolute atomic E-state index is 9.62. The average molecular weight is 262 g/mol. The summed E-state index contributed by atoms with van der Waals surface area (Å²) in [5, 5.41) is 11.5. The van der Waals surface area contributed by atoms with Gasteiger partial charge in [0.1, 0.15) is 10.1 Å². The minimum absolute atomic E-state index is 0. The first-order chi connectivity index (χ1) is 6.68. The Morgan fingerprint density at radius 1 is 1.20 bits per heavy atom. The molecule has 5 heteroatoms. The summed E-state index contributed by atoms with van der Waals surface area (Å²) in [5.41, 5.74) is 7.74. The van der Waals surface area contributed by atoms with Crippen LogP contribution in [0.1, 0.15) is 0 Å². The van der Waals surface area contributed by atoms with Gasteiger partial charge in [0.25, 0.3) is 0 Å². The van der Waals surface area contributed by atoms with Crippen LogP contribution >= 0.6 is 35.3 Å². The predicted octanol–water partition coefficient (Wildman–Crippen LogP) is 3.78. The Morgan fingerprint density at radius 2 is 1.93 bits per heavy atom. The van der Waals surface area contributed by atoms with Crippen molar-refractivity contribution >= 4 is 41.0 Å². The lowest BCUT2D eigenvalue weighted by molar-refractivity contribution is 0.477. The van der Waals surface area contributed by atoms with Crippen LogP contribution in [0.25, 0.3) is 11.1 Å². The molecule has 1 heterocycles. The third-order valence-electron chi connectivity index (χ3n) is 1.93. The summed E-state index contributed by atoms with van der Waals surface area (Å²) < 4.78 is 0.658. The SMILES string of the molecule is Cl.Nc1ccc(O)c(-c2ccsc2Cl)c1. The number of nitrogen functional groups attached to an aromatic ring is 1. The fourth-order valence-electron chi connectivity index (χ4n) is 1.26. The Labute approximate surface area is 103 Å². The second kappa shape index (κ2) is 4.75. The number of hydrogen-bond donors (Lipinski definition) is 2. The van der Waals surface area contributed by atoms with Crippen LogP contribution in [0.15, 0.2) is 29.6 Å². The number of rotatable bonds is 1. The van der Waals surface area contributed by atoms with Crippen LogP contribution in [0.4, 0.5) is 5.69 Å². The van der Waals surface area contributed by atoms with E-state index in [-0.39, 0.29) is 18.2 Å². The van der Waals surface area contributed by atoms with E-state index in [2.05, 4.69) is 0 Å². The fraction of sp³-hybridized carbons (Fsp3) is 0. The molecule has 0 atom stereocenters. The minimum Gasteiger partial charge on any atom is -0.507 e. The summed E-state index contributed by atoms with van der Waals surface area (Å²) in [5.74, 6) is 0.194. The molecule has 0 bridgehead atoms. The normalized spacial score (nSPS) is 9.67. The van der Waals surface area contributed by atoms with Crippen molar-refractivity contribution < 1.29 is 5.11 Å². The van der Waals surface area contributed by atoms with E-state index in [1.165, 1.54) is 11.3 Å². The number of nitrogens with two attached hydrogens (primary N) is 1. The third kappa shape index (κ3) is 2.37. The Balaban J connectivity index is 0.00000112. The smallest absolute Gasteiger partial charge is 0.123 e. The van der Waals surface area contributed by atoms with Gasteiger partial charge in [-0.2, -0.15) is 0 Å². The Morgan fingerprint density at radius 3 is 2.53 bits per heavy atom. The van der Waals surface area contributed by atoms with E-state index in [4.69, 9.17) is 17.3 Å². The van der Waals surface area contributed by atoms with Crippen LogP contribution in [0, 0.1) is 0 Å². The first-order valence-corrected chi connectivity index (χ1v) is 5.26. The van der Waals surface area contributed by atoms with E-state index in [9.17, 15) is 5.11 Å². The van der Waals surface area contributed by atoms with Gasteiger partial charge in [-0.25, -0.2) is 0 Å². The zero-order chi connectivity index (χ0) is 10.1. The Kier molecular flexibility index (Phi) is 3.85. The summed E-state index contributed by atoms with van der Waals surface area (Å²) >= 11 is 7.39.